The van der Waals surface area contributed by atoms with Crippen molar-refractivity contribution in [2.45, 2.75) is 38.8 Å². The number of carboxylic acid groups (broad SMARTS) is 2. The lowest BCUT2D eigenvalue weighted by Crippen LogP contribution is -2.42. The number of likely N-dealkylation sites (tertiary alicyclic amines) is 1. The molecular formula is C17H18F5NO6. The summed E-state index contributed by atoms with van der Waals surface area (Å²) in [6.45, 7) is 3.65. The first kappa shape index (κ1) is 22.7. The Morgan fingerprint density at radius 3 is 2.10 bits per heavy atom. The molecule has 29 heavy (non-hydrogen) atoms. The van der Waals surface area contributed by atoms with E-state index in [1.165, 1.54) is 6.07 Å². The fourth-order valence-corrected chi connectivity index (χ4v) is 2.77. The Balaban J connectivity index is 0.000000370. The predicted octanol–water partition coefficient (Wildman–Crippen LogP) is 3.33. The molecule has 0 atom stereocenters. The average Bonchev–Trinajstić information content (AvgIpc) is 2.89. The molecule has 0 radical (unpaired) electrons. The van der Waals surface area contributed by atoms with Crippen LogP contribution in [0.3, 0.4) is 0 Å². The zero-order chi connectivity index (χ0) is 22.0. The molecular weight excluding hydrogens is 409 g/mol. The van der Waals surface area contributed by atoms with E-state index in [1.54, 1.807) is 19.1 Å². The Morgan fingerprint density at radius 1 is 1.10 bits per heavy atom. The van der Waals surface area contributed by atoms with Gasteiger partial charge in [-0.15, -0.1) is 8.78 Å². The highest BCUT2D eigenvalue weighted by Gasteiger charge is 2.43. The van der Waals surface area contributed by atoms with Crippen LogP contribution in [0.25, 0.3) is 0 Å². The van der Waals surface area contributed by atoms with E-state index in [2.05, 4.69) is 14.4 Å². The number of carboxylic acids is 2. The lowest BCUT2D eigenvalue weighted by Gasteiger charge is -2.36. The summed E-state index contributed by atoms with van der Waals surface area (Å²) in [6, 6.07) is 4.73. The third kappa shape index (κ3) is 5.92. The van der Waals surface area contributed by atoms with Crippen LogP contribution in [-0.2, 0) is 16.1 Å². The van der Waals surface area contributed by atoms with E-state index in [4.69, 9.17) is 9.90 Å². The molecule has 0 bridgehead atoms. The lowest BCUT2D eigenvalue weighted by molar-refractivity contribution is -0.286. The van der Waals surface area contributed by atoms with Crippen molar-refractivity contribution in [3.05, 3.63) is 23.8 Å². The molecule has 3 rings (SSSR count). The van der Waals surface area contributed by atoms with Gasteiger partial charge >= 0.3 is 24.4 Å². The van der Waals surface area contributed by atoms with Gasteiger partial charge in [0.15, 0.2) is 11.5 Å². The van der Waals surface area contributed by atoms with Crippen LogP contribution in [0.5, 0.6) is 11.5 Å². The third-order valence-corrected chi connectivity index (χ3v) is 4.59. The van der Waals surface area contributed by atoms with Crippen molar-refractivity contribution in [2.75, 3.05) is 13.1 Å². The SMILES string of the molecule is CC1(C(=O)O)CCN(Cc2ccc3c(c2)OC(F)(F)O3)CC1.O=C(O)C(F)(F)F. The minimum atomic E-state index is -5.08. The van der Waals surface area contributed by atoms with Crippen molar-refractivity contribution >= 4 is 11.9 Å². The number of piperidine rings is 1. The molecule has 7 nitrogen and oxygen atoms in total. The predicted molar refractivity (Wildman–Crippen MR) is 86.6 cm³/mol. The number of carbonyl (C=O) groups is 2. The number of rotatable bonds is 3. The molecule has 12 heteroatoms. The van der Waals surface area contributed by atoms with Crippen LogP contribution in [0.15, 0.2) is 18.2 Å². The van der Waals surface area contributed by atoms with E-state index in [0.717, 1.165) is 5.56 Å². The van der Waals surface area contributed by atoms with Crippen molar-refractivity contribution in [3.63, 3.8) is 0 Å². The van der Waals surface area contributed by atoms with Crippen molar-refractivity contribution in [1.82, 2.24) is 4.90 Å². The Hall–Kier alpha value is -2.63. The highest BCUT2D eigenvalue weighted by Crippen LogP contribution is 2.41. The van der Waals surface area contributed by atoms with Crippen LogP contribution in [0.1, 0.15) is 25.3 Å². The summed E-state index contributed by atoms with van der Waals surface area (Å²) in [6.07, 6.45) is -7.54. The first-order valence-electron chi connectivity index (χ1n) is 8.36. The number of ether oxygens (including phenoxy) is 2. The van der Waals surface area contributed by atoms with E-state index in [1.807, 2.05) is 0 Å². The minimum Gasteiger partial charge on any atom is -0.481 e. The summed E-state index contributed by atoms with van der Waals surface area (Å²) in [5, 5.41) is 16.3. The number of nitrogens with zero attached hydrogens (tertiary/aromatic N) is 1. The van der Waals surface area contributed by atoms with Gasteiger partial charge in [-0.2, -0.15) is 13.2 Å². The largest absolute Gasteiger partial charge is 0.586 e. The van der Waals surface area contributed by atoms with Gasteiger partial charge in [0.05, 0.1) is 5.41 Å². The second kappa shape index (κ2) is 8.01. The number of hydrogen-bond donors (Lipinski definition) is 2. The van der Waals surface area contributed by atoms with E-state index < -0.39 is 29.8 Å². The van der Waals surface area contributed by atoms with Crippen LogP contribution in [-0.4, -0.2) is 52.6 Å². The van der Waals surface area contributed by atoms with Gasteiger partial charge in [0, 0.05) is 6.54 Å². The lowest BCUT2D eigenvalue weighted by atomic mass is 9.80. The van der Waals surface area contributed by atoms with E-state index in [9.17, 15) is 31.9 Å². The number of aliphatic carboxylic acids is 2. The molecule has 1 aromatic rings. The molecule has 162 valence electrons. The summed E-state index contributed by atoms with van der Waals surface area (Å²) >= 11 is 0. The number of benzene rings is 1. The summed E-state index contributed by atoms with van der Waals surface area (Å²) in [7, 11) is 0. The first-order chi connectivity index (χ1) is 13.2. The van der Waals surface area contributed by atoms with Crippen molar-refractivity contribution in [2.24, 2.45) is 5.41 Å². The Morgan fingerprint density at radius 2 is 1.62 bits per heavy atom. The molecule has 0 unspecified atom stereocenters. The second-order valence-corrected chi connectivity index (χ2v) is 6.89. The molecule has 0 spiro atoms. The van der Waals surface area contributed by atoms with Crippen molar-refractivity contribution in [1.29, 1.82) is 0 Å². The van der Waals surface area contributed by atoms with E-state index in [0.29, 0.717) is 32.5 Å². The van der Waals surface area contributed by atoms with Crippen LogP contribution < -0.4 is 9.47 Å². The number of alkyl halides is 5. The van der Waals surface area contributed by atoms with Crippen LogP contribution in [0, 0.1) is 5.41 Å². The third-order valence-electron chi connectivity index (χ3n) is 4.59. The molecule has 2 N–H and O–H groups in total. The molecule has 1 aromatic carbocycles. The summed E-state index contributed by atoms with van der Waals surface area (Å²) in [4.78, 5) is 22.2. The van der Waals surface area contributed by atoms with Crippen LogP contribution >= 0.6 is 0 Å². The monoisotopic (exact) mass is 427 g/mol. The Labute approximate surface area is 161 Å². The zero-order valence-electron chi connectivity index (χ0n) is 15.1. The topological polar surface area (TPSA) is 96.3 Å². The number of fused-ring (bicyclic) bond motifs is 1. The molecule has 2 heterocycles. The maximum Gasteiger partial charge on any atom is 0.586 e. The molecule has 0 saturated carbocycles. The smallest absolute Gasteiger partial charge is 0.481 e. The second-order valence-electron chi connectivity index (χ2n) is 6.89. The fraction of sp³-hybridized carbons (Fsp3) is 0.529. The average molecular weight is 427 g/mol. The van der Waals surface area contributed by atoms with Crippen molar-refractivity contribution < 1.29 is 51.2 Å². The normalized spacial score (nSPS) is 19.8. The van der Waals surface area contributed by atoms with E-state index in [-0.39, 0.29) is 11.5 Å². The van der Waals surface area contributed by atoms with Gasteiger partial charge in [-0.25, -0.2) is 4.79 Å². The highest BCUT2D eigenvalue weighted by molar-refractivity contribution is 5.74. The van der Waals surface area contributed by atoms with Gasteiger partial charge in [-0.3, -0.25) is 9.69 Å². The summed E-state index contributed by atoms with van der Waals surface area (Å²) in [5.74, 6) is -3.45. The maximum atomic E-state index is 13.0. The van der Waals surface area contributed by atoms with Gasteiger partial charge in [0.1, 0.15) is 0 Å². The quantitative estimate of drug-likeness (QED) is 0.715. The first-order valence-corrected chi connectivity index (χ1v) is 8.36. The van der Waals surface area contributed by atoms with Gasteiger partial charge < -0.3 is 19.7 Å². The number of hydrogen-bond acceptors (Lipinski definition) is 5. The van der Waals surface area contributed by atoms with E-state index >= 15 is 0 Å². The molecule has 2 aliphatic rings. The number of halogens is 5. The minimum absolute atomic E-state index is 0.0332. The fourth-order valence-electron chi connectivity index (χ4n) is 2.77. The van der Waals surface area contributed by atoms with Gasteiger partial charge in [-0.05, 0) is 50.6 Å². The molecule has 0 aromatic heterocycles. The zero-order valence-corrected chi connectivity index (χ0v) is 15.1. The molecule has 1 saturated heterocycles. The Bertz CT molecular complexity index is 774. The van der Waals surface area contributed by atoms with Crippen LogP contribution in [0.4, 0.5) is 22.0 Å². The highest BCUT2D eigenvalue weighted by atomic mass is 19.4. The van der Waals surface area contributed by atoms with Crippen molar-refractivity contribution in [3.8, 4) is 11.5 Å². The van der Waals surface area contributed by atoms with Gasteiger partial charge in [-0.1, -0.05) is 6.07 Å². The van der Waals surface area contributed by atoms with Gasteiger partial charge in [0.2, 0.25) is 0 Å². The summed E-state index contributed by atoms with van der Waals surface area (Å²) in [5.41, 5.74) is 0.159. The Kier molecular flexibility index (Phi) is 6.26. The summed E-state index contributed by atoms with van der Waals surface area (Å²) < 4.78 is 66.5. The standard InChI is InChI=1S/C15H17F2NO4.C2HF3O2/c1-14(13(19)20)4-6-18(7-5-14)9-10-2-3-11-12(8-10)22-15(16,17)21-11;3-2(4,5)1(6)7/h2-3,8H,4-7,9H2,1H3,(H,19,20);(H,6,7). The van der Waals surface area contributed by atoms with Crippen LogP contribution in [0.2, 0.25) is 0 Å². The molecule has 2 aliphatic heterocycles. The maximum absolute atomic E-state index is 13.0. The molecule has 1 fully saturated rings. The molecule has 0 aliphatic carbocycles. The molecule has 0 amide bonds. The van der Waals surface area contributed by atoms with Gasteiger partial charge in [0.25, 0.3) is 0 Å².